The Bertz CT molecular complexity index is 906. The van der Waals surface area contributed by atoms with Gasteiger partial charge in [0.05, 0.1) is 18.0 Å². The molecule has 4 rings (SSSR count). The zero-order valence-electron chi connectivity index (χ0n) is 13.9. The lowest BCUT2D eigenvalue weighted by Gasteiger charge is -2.07. The van der Waals surface area contributed by atoms with Gasteiger partial charge in [0.1, 0.15) is 11.3 Å². The highest BCUT2D eigenvalue weighted by Gasteiger charge is 2.14. The molecular weight excluding hydrogens is 298 g/mol. The lowest BCUT2D eigenvalue weighted by molar-refractivity contribution is 0.117. The number of fused-ring (bicyclic) bond motifs is 1. The van der Waals surface area contributed by atoms with Crippen molar-refractivity contribution >= 4 is 11.0 Å². The van der Waals surface area contributed by atoms with Crippen LogP contribution in [0.15, 0.2) is 64.0 Å². The third-order valence-corrected chi connectivity index (χ3v) is 4.45. The van der Waals surface area contributed by atoms with Crippen LogP contribution in [-0.2, 0) is 4.74 Å². The molecule has 0 amide bonds. The predicted octanol–water partition coefficient (Wildman–Crippen LogP) is 4.49. The summed E-state index contributed by atoms with van der Waals surface area (Å²) in [6.07, 6.45) is 2.49. The Morgan fingerprint density at radius 1 is 1.08 bits per heavy atom. The van der Waals surface area contributed by atoms with Crippen molar-refractivity contribution in [3.63, 3.8) is 0 Å². The highest BCUT2D eigenvalue weighted by Crippen LogP contribution is 2.22. The molecule has 0 aliphatic carbocycles. The van der Waals surface area contributed by atoms with E-state index in [2.05, 4.69) is 31.2 Å². The van der Waals surface area contributed by atoms with Crippen LogP contribution in [0.4, 0.5) is 0 Å². The van der Waals surface area contributed by atoms with Crippen LogP contribution in [0.1, 0.15) is 18.4 Å². The minimum Gasteiger partial charge on any atom is -0.456 e. The molecule has 1 saturated heterocycles. The number of hydrogen-bond acceptors (Lipinski definition) is 3. The van der Waals surface area contributed by atoms with Gasteiger partial charge in [0.25, 0.3) is 0 Å². The molecule has 0 bridgehead atoms. The first-order valence-electron chi connectivity index (χ1n) is 8.52. The SMILES string of the molecule is Cc1ccc2oc(-c3ccccc3)cc(=NCC3CCCO3)c2c1. The monoisotopic (exact) mass is 319 g/mol. The zero-order valence-corrected chi connectivity index (χ0v) is 13.9. The highest BCUT2D eigenvalue weighted by molar-refractivity contribution is 5.79. The fraction of sp³-hybridized carbons (Fsp3) is 0.286. The van der Waals surface area contributed by atoms with Crippen LogP contribution < -0.4 is 5.36 Å². The Morgan fingerprint density at radius 2 is 1.96 bits per heavy atom. The Labute approximate surface area is 141 Å². The molecule has 1 aliphatic heterocycles. The first-order valence-corrected chi connectivity index (χ1v) is 8.52. The Balaban J connectivity index is 1.85. The molecule has 24 heavy (non-hydrogen) atoms. The lowest BCUT2D eigenvalue weighted by atomic mass is 10.1. The third-order valence-electron chi connectivity index (χ3n) is 4.45. The third kappa shape index (κ3) is 3.13. The summed E-state index contributed by atoms with van der Waals surface area (Å²) in [5.74, 6) is 0.845. The Hall–Kier alpha value is -2.39. The van der Waals surface area contributed by atoms with E-state index in [0.717, 1.165) is 47.1 Å². The second-order valence-corrected chi connectivity index (χ2v) is 6.34. The van der Waals surface area contributed by atoms with Crippen molar-refractivity contribution in [3.8, 4) is 11.3 Å². The molecule has 1 aromatic heterocycles. The van der Waals surface area contributed by atoms with E-state index in [4.69, 9.17) is 14.1 Å². The van der Waals surface area contributed by atoms with Crippen LogP contribution in [0.25, 0.3) is 22.3 Å². The van der Waals surface area contributed by atoms with Crippen molar-refractivity contribution in [1.29, 1.82) is 0 Å². The maximum atomic E-state index is 6.12. The van der Waals surface area contributed by atoms with Gasteiger partial charge in [-0.3, -0.25) is 4.99 Å². The van der Waals surface area contributed by atoms with Crippen LogP contribution in [-0.4, -0.2) is 19.3 Å². The van der Waals surface area contributed by atoms with Crippen LogP contribution in [0.3, 0.4) is 0 Å². The quantitative estimate of drug-likeness (QED) is 0.713. The number of rotatable bonds is 3. The molecule has 3 aromatic rings. The van der Waals surface area contributed by atoms with Gasteiger partial charge in [-0.1, -0.05) is 42.0 Å². The van der Waals surface area contributed by atoms with Gasteiger partial charge in [-0.25, -0.2) is 0 Å². The van der Waals surface area contributed by atoms with Gasteiger partial charge in [-0.15, -0.1) is 0 Å². The minimum absolute atomic E-state index is 0.252. The van der Waals surface area contributed by atoms with Crippen LogP contribution in [0.5, 0.6) is 0 Å². The van der Waals surface area contributed by atoms with E-state index in [1.807, 2.05) is 30.3 Å². The van der Waals surface area contributed by atoms with E-state index in [1.165, 1.54) is 5.56 Å². The number of aryl methyl sites for hydroxylation is 1. The van der Waals surface area contributed by atoms with E-state index in [0.29, 0.717) is 6.54 Å². The van der Waals surface area contributed by atoms with Gasteiger partial charge < -0.3 is 9.15 Å². The fourth-order valence-electron chi connectivity index (χ4n) is 3.15. The summed E-state index contributed by atoms with van der Waals surface area (Å²) in [6.45, 7) is 3.66. The van der Waals surface area contributed by atoms with Crippen LogP contribution in [0, 0.1) is 6.92 Å². The molecule has 3 heteroatoms. The maximum Gasteiger partial charge on any atom is 0.136 e. The van der Waals surface area contributed by atoms with E-state index < -0.39 is 0 Å². The van der Waals surface area contributed by atoms with Crippen molar-refractivity contribution < 1.29 is 9.15 Å². The largest absolute Gasteiger partial charge is 0.456 e. The summed E-state index contributed by atoms with van der Waals surface area (Å²) in [5, 5.41) is 2.04. The molecule has 1 atom stereocenters. The molecule has 0 saturated carbocycles. The zero-order chi connectivity index (χ0) is 16.4. The maximum absolute atomic E-state index is 6.12. The molecule has 1 unspecified atom stereocenters. The molecule has 3 nitrogen and oxygen atoms in total. The molecule has 122 valence electrons. The van der Waals surface area contributed by atoms with Crippen molar-refractivity contribution in [1.82, 2.24) is 0 Å². The molecule has 2 heterocycles. The van der Waals surface area contributed by atoms with Crippen molar-refractivity contribution in [2.24, 2.45) is 4.99 Å². The Morgan fingerprint density at radius 3 is 2.75 bits per heavy atom. The van der Waals surface area contributed by atoms with Gasteiger partial charge in [0.15, 0.2) is 0 Å². The van der Waals surface area contributed by atoms with Crippen LogP contribution in [0.2, 0.25) is 0 Å². The molecule has 0 N–H and O–H groups in total. The molecule has 1 fully saturated rings. The minimum atomic E-state index is 0.252. The second-order valence-electron chi connectivity index (χ2n) is 6.34. The predicted molar refractivity (Wildman–Crippen MR) is 95.8 cm³/mol. The average Bonchev–Trinajstić information content (AvgIpc) is 3.14. The van der Waals surface area contributed by atoms with Gasteiger partial charge >= 0.3 is 0 Å². The van der Waals surface area contributed by atoms with Crippen molar-refractivity contribution in [3.05, 3.63) is 65.5 Å². The summed E-state index contributed by atoms with van der Waals surface area (Å²) in [4.78, 5) is 4.86. The second kappa shape index (κ2) is 6.62. The summed E-state index contributed by atoms with van der Waals surface area (Å²) in [5.41, 5.74) is 3.14. The molecule has 1 aliphatic rings. The van der Waals surface area contributed by atoms with E-state index >= 15 is 0 Å². The van der Waals surface area contributed by atoms with E-state index in [-0.39, 0.29) is 6.10 Å². The smallest absolute Gasteiger partial charge is 0.136 e. The van der Waals surface area contributed by atoms with Gasteiger partial charge in [-0.05, 0) is 31.9 Å². The van der Waals surface area contributed by atoms with E-state index in [1.54, 1.807) is 0 Å². The van der Waals surface area contributed by atoms with Crippen molar-refractivity contribution in [2.75, 3.05) is 13.2 Å². The van der Waals surface area contributed by atoms with Crippen LogP contribution >= 0.6 is 0 Å². The standard InChI is InChI=1S/C21H21NO2/c1-15-9-10-20-18(12-15)19(22-14-17-8-5-11-23-17)13-21(24-20)16-6-3-2-4-7-16/h2-4,6-7,9-10,12-13,17H,5,8,11,14H2,1H3. The van der Waals surface area contributed by atoms with Gasteiger partial charge in [-0.2, -0.15) is 0 Å². The molecular formula is C21H21NO2. The first kappa shape index (κ1) is 15.2. The molecule has 2 aromatic carbocycles. The van der Waals surface area contributed by atoms with Gasteiger partial charge in [0.2, 0.25) is 0 Å². The normalized spacial score (nSPS) is 18.4. The average molecular weight is 319 g/mol. The lowest BCUT2D eigenvalue weighted by Crippen LogP contribution is -2.13. The van der Waals surface area contributed by atoms with Gasteiger partial charge in [0, 0.05) is 23.6 Å². The number of benzene rings is 2. The topological polar surface area (TPSA) is 34.7 Å². The summed E-state index contributed by atoms with van der Waals surface area (Å²) in [6, 6.07) is 18.5. The first-order chi connectivity index (χ1) is 11.8. The number of nitrogens with zero attached hydrogens (tertiary/aromatic N) is 1. The fourth-order valence-corrected chi connectivity index (χ4v) is 3.15. The summed E-state index contributed by atoms with van der Waals surface area (Å²) >= 11 is 0. The Kier molecular flexibility index (Phi) is 4.18. The number of ether oxygens (including phenoxy) is 1. The molecule has 0 spiro atoms. The van der Waals surface area contributed by atoms with Crippen molar-refractivity contribution in [2.45, 2.75) is 25.9 Å². The van der Waals surface area contributed by atoms with E-state index in [9.17, 15) is 0 Å². The summed E-state index contributed by atoms with van der Waals surface area (Å²) in [7, 11) is 0. The number of hydrogen-bond donors (Lipinski definition) is 0. The molecule has 0 radical (unpaired) electrons. The summed E-state index contributed by atoms with van der Waals surface area (Å²) < 4.78 is 11.8. The highest BCUT2D eigenvalue weighted by atomic mass is 16.5.